The number of methoxy groups -OCH3 is 1. The zero-order chi connectivity index (χ0) is 22.8. The van der Waals surface area contributed by atoms with Crippen molar-refractivity contribution in [1.82, 2.24) is 9.97 Å². The van der Waals surface area contributed by atoms with Crippen LogP contribution in [0, 0.1) is 6.92 Å². The number of rotatable bonds is 5. The maximum absolute atomic E-state index is 13.0. The predicted octanol–water partition coefficient (Wildman–Crippen LogP) is 3.55. The average Bonchev–Trinajstić information content (AvgIpc) is 2.75. The first-order valence-corrected chi connectivity index (χ1v) is 10.1. The number of aromatic amines is 1. The molecule has 1 atom stereocenters. The molecule has 0 saturated heterocycles. The molecule has 2 aromatic carbocycles. The Morgan fingerprint density at radius 2 is 1.97 bits per heavy atom. The third kappa shape index (κ3) is 4.28. The van der Waals surface area contributed by atoms with Crippen LogP contribution in [-0.2, 0) is 9.59 Å². The molecule has 0 bridgehead atoms. The first kappa shape index (κ1) is 21.4. The number of amides is 2. The molecule has 164 valence electrons. The molecule has 3 aromatic rings. The molecule has 1 aromatic heterocycles. The van der Waals surface area contributed by atoms with Gasteiger partial charge in [0.05, 0.1) is 24.3 Å². The van der Waals surface area contributed by atoms with Crippen LogP contribution < -0.4 is 26.2 Å². The summed E-state index contributed by atoms with van der Waals surface area (Å²) in [6.07, 6.45) is -0.178. The number of halogens is 1. The van der Waals surface area contributed by atoms with Crippen molar-refractivity contribution < 1.29 is 14.3 Å². The highest BCUT2D eigenvalue weighted by molar-refractivity contribution is 6.31. The molecular weight excluding hydrogens is 434 g/mol. The number of aromatic nitrogens is 2. The standard InChI is InChI=1S/C22H20ClN5O4/c1-11-7-8-12(23)9-15(11)24-20(30)13-10-17(29)26-19-18(13)21(31)28-22(27-19)25-14-5-3-4-6-16(14)32-2/h3-9,13H,10H2,1-2H3,(H,24,30)(H3,25,26,27,28,29,31)/t13-/m0/s1. The summed E-state index contributed by atoms with van der Waals surface area (Å²) in [4.78, 5) is 45.1. The molecule has 0 spiro atoms. The summed E-state index contributed by atoms with van der Waals surface area (Å²) in [6.45, 7) is 1.82. The Kier molecular flexibility index (Phi) is 5.83. The number of nitrogens with zero attached hydrogens (tertiary/aromatic N) is 1. The highest BCUT2D eigenvalue weighted by atomic mass is 35.5. The highest BCUT2D eigenvalue weighted by Gasteiger charge is 2.35. The minimum Gasteiger partial charge on any atom is -0.495 e. The van der Waals surface area contributed by atoms with E-state index in [0.29, 0.717) is 22.1 Å². The van der Waals surface area contributed by atoms with Gasteiger partial charge in [-0.25, -0.2) is 0 Å². The minimum absolute atomic E-state index is 0.0327. The van der Waals surface area contributed by atoms with Crippen molar-refractivity contribution >= 4 is 46.6 Å². The van der Waals surface area contributed by atoms with Crippen LogP contribution in [0.2, 0.25) is 5.02 Å². The summed E-state index contributed by atoms with van der Waals surface area (Å²) in [6, 6.07) is 12.2. The summed E-state index contributed by atoms with van der Waals surface area (Å²) >= 11 is 6.02. The van der Waals surface area contributed by atoms with E-state index in [0.717, 1.165) is 5.56 Å². The minimum atomic E-state index is -1.01. The van der Waals surface area contributed by atoms with Gasteiger partial charge in [0.25, 0.3) is 5.56 Å². The summed E-state index contributed by atoms with van der Waals surface area (Å²) < 4.78 is 5.29. The molecule has 0 unspecified atom stereocenters. The smallest absolute Gasteiger partial charge is 0.258 e. The number of anilines is 4. The third-order valence-corrected chi connectivity index (χ3v) is 5.32. The fraction of sp³-hybridized carbons (Fsp3) is 0.182. The molecule has 32 heavy (non-hydrogen) atoms. The summed E-state index contributed by atoms with van der Waals surface area (Å²) in [5, 5.41) is 8.77. The molecule has 2 heterocycles. The topological polar surface area (TPSA) is 125 Å². The number of hydrogen-bond donors (Lipinski definition) is 4. The maximum atomic E-state index is 13.0. The van der Waals surface area contributed by atoms with Crippen LogP contribution in [0.3, 0.4) is 0 Å². The zero-order valence-electron chi connectivity index (χ0n) is 17.3. The normalized spacial score (nSPS) is 14.8. The Balaban J connectivity index is 1.66. The van der Waals surface area contributed by atoms with Crippen molar-refractivity contribution in [3.05, 3.63) is 69.0 Å². The lowest BCUT2D eigenvalue weighted by Gasteiger charge is -2.24. The number of H-pyrrole nitrogens is 1. The van der Waals surface area contributed by atoms with E-state index in [1.165, 1.54) is 7.11 Å². The molecule has 2 amide bonds. The van der Waals surface area contributed by atoms with E-state index in [4.69, 9.17) is 16.3 Å². The first-order valence-electron chi connectivity index (χ1n) is 9.77. The van der Waals surface area contributed by atoms with Gasteiger partial charge in [-0.3, -0.25) is 19.4 Å². The Bertz CT molecular complexity index is 1270. The molecule has 0 saturated carbocycles. The quantitative estimate of drug-likeness (QED) is 0.468. The largest absolute Gasteiger partial charge is 0.495 e. The highest BCUT2D eigenvalue weighted by Crippen LogP contribution is 2.32. The number of benzene rings is 2. The third-order valence-electron chi connectivity index (χ3n) is 5.09. The van der Waals surface area contributed by atoms with E-state index in [2.05, 4.69) is 25.9 Å². The maximum Gasteiger partial charge on any atom is 0.258 e. The fourth-order valence-corrected chi connectivity index (χ4v) is 3.65. The van der Waals surface area contributed by atoms with Crippen molar-refractivity contribution in [2.24, 2.45) is 0 Å². The Morgan fingerprint density at radius 1 is 1.19 bits per heavy atom. The second kappa shape index (κ2) is 8.72. The van der Waals surface area contributed by atoms with Gasteiger partial charge in [-0.05, 0) is 36.8 Å². The lowest BCUT2D eigenvalue weighted by Crippen LogP contribution is -2.36. The molecule has 1 aliphatic heterocycles. The van der Waals surface area contributed by atoms with Crippen molar-refractivity contribution in [2.75, 3.05) is 23.1 Å². The number of para-hydroxylation sites is 2. The van der Waals surface area contributed by atoms with Crippen molar-refractivity contribution in [1.29, 1.82) is 0 Å². The van der Waals surface area contributed by atoms with Crippen molar-refractivity contribution in [2.45, 2.75) is 19.3 Å². The predicted molar refractivity (Wildman–Crippen MR) is 122 cm³/mol. The summed E-state index contributed by atoms with van der Waals surface area (Å²) in [7, 11) is 1.52. The van der Waals surface area contributed by atoms with Gasteiger partial charge in [0.1, 0.15) is 11.6 Å². The summed E-state index contributed by atoms with van der Waals surface area (Å²) in [5.74, 6) is -1.23. The van der Waals surface area contributed by atoms with Crippen LogP contribution in [0.1, 0.15) is 23.5 Å². The van der Waals surface area contributed by atoms with E-state index >= 15 is 0 Å². The van der Waals surface area contributed by atoms with E-state index < -0.39 is 23.3 Å². The number of ether oxygens (including phenoxy) is 1. The monoisotopic (exact) mass is 453 g/mol. The number of nitrogens with one attached hydrogen (secondary N) is 4. The van der Waals surface area contributed by atoms with Crippen molar-refractivity contribution in [3.63, 3.8) is 0 Å². The van der Waals surface area contributed by atoms with Gasteiger partial charge in [-0.2, -0.15) is 4.98 Å². The molecule has 4 rings (SSSR count). The van der Waals surface area contributed by atoms with Crippen LogP contribution >= 0.6 is 11.6 Å². The van der Waals surface area contributed by atoms with E-state index in [1.54, 1.807) is 42.5 Å². The van der Waals surface area contributed by atoms with Gasteiger partial charge < -0.3 is 20.7 Å². The van der Waals surface area contributed by atoms with Gasteiger partial charge in [0, 0.05) is 17.1 Å². The number of carbonyl (C=O) groups is 2. The average molecular weight is 454 g/mol. The number of hydrogen-bond acceptors (Lipinski definition) is 6. The van der Waals surface area contributed by atoms with Crippen LogP contribution in [0.4, 0.5) is 23.1 Å². The Morgan fingerprint density at radius 3 is 2.75 bits per heavy atom. The van der Waals surface area contributed by atoms with Gasteiger partial charge in [0.15, 0.2) is 0 Å². The SMILES string of the molecule is COc1ccccc1Nc1nc2c(c(=O)[nH]1)[C@@H](C(=O)Nc1cc(Cl)ccc1C)CC(=O)N2. The molecule has 0 radical (unpaired) electrons. The molecule has 10 heteroatoms. The van der Waals surface area contributed by atoms with Gasteiger partial charge >= 0.3 is 0 Å². The van der Waals surface area contributed by atoms with Crippen LogP contribution in [-0.4, -0.2) is 28.9 Å². The molecule has 4 N–H and O–H groups in total. The second-order valence-electron chi connectivity index (χ2n) is 7.26. The van der Waals surface area contributed by atoms with Crippen molar-refractivity contribution in [3.8, 4) is 5.75 Å². The van der Waals surface area contributed by atoms with E-state index in [9.17, 15) is 14.4 Å². The lowest BCUT2D eigenvalue weighted by molar-refractivity contribution is -0.123. The van der Waals surface area contributed by atoms with E-state index in [-0.39, 0.29) is 23.8 Å². The van der Waals surface area contributed by atoms with Gasteiger partial charge in [0.2, 0.25) is 17.8 Å². The van der Waals surface area contributed by atoms with Crippen LogP contribution in [0.25, 0.3) is 0 Å². The zero-order valence-corrected chi connectivity index (χ0v) is 18.0. The lowest BCUT2D eigenvalue weighted by atomic mass is 9.92. The number of carbonyl (C=O) groups excluding carboxylic acids is 2. The molecule has 0 aliphatic carbocycles. The molecule has 0 fully saturated rings. The first-order chi connectivity index (χ1) is 15.4. The van der Waals surface area contributed by atoms with E-state index in [1.807, 2.05) is 6.92 Å². The summed E-state index contributed by atoms with van der Waals surface area (Å²) in [5.41, 5.74) is 1.44. The molecule has 1 aliphatic rings. The fourth-order valence-electron chi connectivity index (χ4n) is 3.48. The number of aryl methyl sites for hydroxylation is 1. The number of fused-ring (bicyclic) bond motifs is 1. The molecule has 9 nitrogen and oxygen atoms in total. The van der Waals surface area contributed by atoms with Gasteiger partial charge in [-0.1, -0.05) is 29.8 Å². The molecular formula is C22H20ClN5O4. The van der Waals surface area contributed by atoms with Crippen LogP contribution in [0.5, 0.6) is 5.75 Å². The van der Waals surface area contributed by atoms with Crippen LogP contribution in [0.15, 0.2) is 47.3 Å². The Labute approximate surface area is 188 Å². The van der Waals surface area contributed by atoms with Gasteiger partial charge in [-0.15, -0.1) is 0 Å². The second-order valence-corrected chi connectivity index (χ2v) is 7.69. The Hall–Kier alpha value is -3.85.